The van der Waals surface area contributed by atoms with E-state index in [0.717, 1.165) is 19.4 Å². The fourth-order valence-corrected chi connectivity index (χ4v) is 3.82. The molecule has 1 saturated heterocycles. The van der Waals surface area contributed by atoms with E-state index in [1.54, 1.807) is 0 Å². The molecule has 4 heteroatoms. The third-order valence-corrected chi connectivity index (χ3v) is 4.79. The molecule has 0 radical (unpaired) electrons. The maximum absolute atomic E-state index is 13.6. The Hall–Kier alpha value is -0.220. The number of likely N-dealkylation sites (tertiary alicyclic amines) is 1. The van der Waals surface area contributed by atoms with Crippen LogP contribution in [0, 0.1) is 11.3 Å². The molecular weight excluding hydrogens is 248 g/mol. The fourth-order valence-electron chi connectivity index (χ4n) is 3.82. The molecule has 3 atom stereocenters. The molecule has 2 nitrogen and oxygen atoms in total. The number of halogens is 2. The highest BCUT2D eigenvalue weighted by molar-refractivity contribution is 4.95. The van der Waals surface area contributed by atoms with Crippen LogP contribution in [0.5, 0.6) is 0 Å². The number of hydrogen-bond acceptors (Lipinski definition) is 2. The van der Waals surface area contributed by atoms with Gasteiger partial charge in [-0.2, -0.15) is 0 Å². The van der Waals surface area contributed by atoms with Gasteiger partial charge in [-0.25, -0.2) is 8.78 Å². The molecule has 0 bridgehead atoms. The zero-order valence-corrected chi connectivity index (χ0v) is 12.3. The molecule has 0 aromatic rings. The summed E-state index contributed by atoms with van der Waals surface area (Å²) in [6.07, 6.45) is 2.66. The maximum Gasteiger partial charge on any atom is 0.260 e. The third-order valence-electron chi connectivity index (χ3n) is 4.79. The number of rotatable bonds is 1. The van der Waals surface area contributed by atoms with E-state index >= 15 is 0 Å². The van der Waals surface area contributed by atoms with E-state index in [0.29, 0.717) is 18.8 Å². The molecule has 1 heterocycles. The second-order valence-corrected chi connectivity index (χ2v) is 7.44. The standard InChI is InChI=1S/C15H27F2NO/c1-14(2,3)12-6-5-11(19)9-13(12)18-8-4-7-15(16,17)10-18/h11-13,19H,4-10H2,1-3H3. The van der Waals surface area contributed by atoms with E-state index in [4.69, 9.17) is 0 Å². The minimum atomic E-state index is -2.55. The van der Waals surface area contributed by atoms with Gasteiger partial charge in [0.05, 0.1) is 12.6 Å². The molecule has 2 rings (SSSR count). The summed E-state index contributed by atoms with van der Waals surface area (Å²) in [4.78, 5) is 1.95. The van der Waals surface area contributed by atoms with Crippen LogP contribution in [0.3, 0.4) is 0 Å². The highest BCUT2D eigenvalue weighted by atomic mass is 19.3. The van der Waals surface area contributed by atoms with Gasteiger partial charge in [0.25, 0.3) is 5.92 Å². The van der Waals surface area contributed by atoms with Crippen LogP contribution in [0.4, 0.5) is 8.78 Å². The third kappa shape index (κ3) is 3.66. The summed E-state index contributed by atoms with van der Waals surface area (Å²) in [6.45, 7) is 7.18. The number of aliphatic hydroxyl groups excluding tert-OH is 1. The summed E-state index contributed by atoms with van der Waals surface area (Å²) in [6, 6.07) is 0.106. The minimum Gasteiger partial charge on any atom is -0.393 e. The van der Waals surface area contributed by atoms with E-state index in [-0.39, 0.29) is 30.5 Å². The molecule has 2 fully saturated rings. The van der Waals surface area contributed by atoms with Gasteiger partial charge in [0.2, 0.25) is 0 Å². The van der Waals surface area contributed by atoms with Gasteiger partial charge in [-0.15, -0.1) is 0 Å². The fraction of sp³-hybridized carbons (Fsp3) is 1.00. The van der Waals surface area contributed by atoms with E-state index in [1.807, 2.05) is 4.90 Å². The molecule has 1 aliphatic heterocycles. The monoisotopic (exact) mass is 275 g/mol. The molecule has 0 aromatic carbocycles. The van der Waals surface area contributed by atoms with Crippen LogP contribution in [0.25, 0.3) is 0 Å². The van der Waals surface area contributed by atoms with Crippen molar-refractivity contribution in [2.75, 3.05) is 13.1 Å². The van der Waals surface area contributed by atoms with Gasteiger partial charge in [-0.05, 0) is 43.6 Å². The van der Waals surface area contributed by atoms with Gasteiger partial charge in [0, 0.05) is 12.5 Å². The predicted molar refractivity (Wildman–Crippen MR) is 72.3 cm³/mol. The van der Waals surface area contributed by atoms with Crippen molar-refractivity contribution in [3.05, 3.63) is 0 Å². The maximum atomic E-state index is 13.6. The van der Waals surface area contributed by atoms with E-state index in [1.165, 1.54) is 0 Å². The van der Waals surface area contributed by atoms with E-state index in [2.05, 4.69) is 20.8 Å². The topological polar surface area (TPSA) is 23.5 Å². The first-order valence-corrected chi connectivity index (χ1v) is 7.49. The van der Waals surface area contributed by atoms with Crippen LogP contribution >= 0.6 is 0 Å². The Kier molecular flexibility index (Phi) is 4.22. The first kappa shape index (κ1) is 15.2. The first-order chi connectivity index (χ1) is 8.69. The lowest BCUT2D eigenvalue weighted by molar-refractivity contribution is -0.102. The van der Waals surface area contributed by atoms with Gasteiger partial charge in [-0.3, -0.25) is 4.90 Å². The average Bonchev–Trinajstić information content (AvgIpc) is 2.25. The Morgan fingerprint density at radius 3 is 2.47 bits per heavy atom. The van der Waals surface area contributed by atoms with Crippen LogP contribution in [0.15, 0.2) is 0 Å². The van der Waals surface area contributed by atoms with E-state index in [9.17, 15) is 13.9 Å². The van der Waals surface area contributed by atoms with Crippen molar-refractivity contribution in [1.29, 1.82) is 0 Å². The molecule has 0 spiro atoms. The predicted octanol–water partition coefficient (Wildman–Crippen LogP) is 3.29. The molecule has 1 saturated carbocycles. The first-order valence-electron chi connectivity index (χ1n) is 7.49. The van der Waals surface area contributed by atoms with Crippen LogP contribution in [-0.2, 0) is 0 Å². The highest BCUT2D eigenvalue weighted by Gasteiger charge is 2.44. The second kappa shape index (κ2) is 5.28. The van der Waals surface area contributed by atoms with Crippen molar-refractivity contribution in [2.24, 2.45) is 11.3 Å². The molecule has 112 valence electrons. The van der Waals surface area contributed by atoms with Crippen molar-refractivity contribution >= 4 is 0 Å². The number of aliphatic hydroxyl groups is 1. The Bertz CT molecular complexity index is 314. The molecule has 0 amide bonds. The normalized spacial score (nSPS) is 37.3. The Labute approximate surface area is 115 Å². The molecule has 19 heavy (non-hydrogen) atoms. The minimum absolute atomic E-state index is 0.0129. The van der Waals surface area contributed by atoms with Crippen LogP contribution in [0.2, 0.25) is 0 Å². The average molecular weight is 275 g/mol. The Balaban J connectivity index is 2.13. The zero-order valence-electron chi connectivity index (χ0n) is 12.3. The van der Waals surface area contributed by atoms with Gasteiger partial charge in [0.15, 0.2) is 0 Å². The van der Waals surface area contributed by atoms with Crippen molar-refractivity contribution in [1.82, 2.24) is 4.90 Å². The van der Waals surface area contributed by atoms with Crippen molar-refractivity contribution < 1.29 is 13.9 Å². The molecule has 0 aromatic heterocycles. The molecular formula is C15H27F2NO. The SMILES string of the molecule is CC(C)(C)C1CCC(O)CC1N1CCCC(F)(F)C1. The Morgan fingerprint density at radius 1 is 1.21 bits per heavy atom. The lowest BCUT2D eigenvalue weighted by atomic mass is 9.68. The molecule has 1 N–H and O–H groups in total. The molecule has 2 aliphatic rings. The van der Waals surface area contributed by atoms with Gasteiger partial charge in [-0.1, -0.05) is 20.8 Å². The van der Waals surface area contributed by atoms with Crippen LogP contribution < -0.4 is 0 Å². The summed E-state index contributed by atoms with van der Waals surface area (Å²) in [5.41, 5.74) is 0.109. The van der Waals surface area contributed by atoms with Gasteiger partial charge < -0.3 is 5.11 Å². The highest BCUT2D eigenvalue weighted by Crippen LogP contribution is 2.42. The van der Waals surface area contributed by atoms with Crippen molar-refractivity contribution in [3.63, 3.8) is 0 Å². The second-order valence-electron chi connectivity index (χ2n) is 7.44. The van der Waals surface area contributed by atoms with Crippen molar-refractivity contribution in [2.45, 2.75) is 70.9 Å². The number of hydrogen-bond donors (Lipinski definition) is 1. The van der Waals surface area contributed by atoms with Crippen molar-refractivity contribution in [3.8, 4) is 0 Å². The van der Waals surface area contributed by atoms with Crippen LogP contribution in [-0.4, -0.2) is 41.2 Å². The molecule has 1 aliphatic carbocycles. The van der Waals surface area contributed by atoms with E-state index < -0.39 is 5.92 Å². The summed E-state index contributed by atoms with van der Waals surface area (Å²) >= 11 is 0. The largest absolute Gasteiger partial charge is 0.393 e. The summed E-state index contributed by atoms with van der Waals surface area (Å²) in [5, 5.41) is 9.91. The van der Waals surface area contributed by atoms with Gasteiger partial charge >= 0.3 is 0 Å². The number of nitrogens with zero attached hydrogens (tertiary/aromatic N) is 1. The zero-order chi connectivity index (χ0) is 14.3. The smallest absolute Gasteiger partial charge is 0.260 e. The lowest BCUT2D eigenvalue weighted by Gasteiger charge is -2.49. The van der Waals surface area contributed by atoms with Crippen LogP contribution in [0.1, 0.15) is 52.9 Å². The summed E-state index contributed by atoms with van der Waals surface area (Å²) in [7, 11) is 0. The summed E-state index contributed by atoms with van der Waals surface area (Å²) in [5.74, 6) is -2.16. The number of piperidine rings is 1. The lowest BCUT2D eigenvalue weighted by Crippen LogP contribution is -2.55. The summed E-state index contributed by atoms with van der Waals surface area (Å²) < 4.78 is 27.3. The van der Waals surface area contributed by atoms with Gasteiger partial charge in [0.1, 0.15) is 0 Å². The molecule has 3 unspecified atom stereocenters. The quantitative estimate of drug-likeness (QED) is 0.793. The Morgan fingerprint density at radius 2 is 1.89 bits per heavy atom. The number of alkyl halides is 2.